The lowest BCUT2D eigenvalue weighted by atomic mass is 9.85. The highest BCUT2D eigenvalue weighted by molar-refractivity contribution is 6.05. The minimum absolute atomic E-state index is 0.0563. The Hall–Kier alpha value is -4.76. The van der Waals surface area contributed by atoms with Crippen molar-refractivity contribution in [1.29, 1.82) is 0 Å². The van der Waals surface area contributed by atoms with Crippen LogP contribution in [-0.2, 0) is 14.3 Å². The first-order valence-electron chi connectivity index (χ1n) is 14.7. The number of nitrogens with zero attached hydrogens (tertiary/aromatic N) is 2. The third-order valence-electron chi connectivity index (χ3n) is 8.36. The molecule has 2 amide bonds. The number of para-hydroxylation sites is 1. The van der Waals surface area contributed by atoms with Gasteiger partial charge < -0.3 is 20.5 Å². The van der Waals surface area contributed by atoms with E-state index in [0.29, 0.717) is 35.8 Å². The van der Waals surface area contributed by atoms with Crippen LogP contribution in [0.2, 0.25) is 0 Å². The van der Waals surface area contributed by atoms with E-state index in [1.54, 1.807) is 30.3 Å². The Bertz CT molecular complexity index is 1660. The molecule has 0 radical (unpaired) electrons. The zero-order valence-electron chi connectivity index (χ0n) is 23.8. The molecule has 0 unspecified atom stereocenters. The third kappa shape index (κ3) is 6.08. The lowest BCUT2D eigenvalue weighted by Crippen LogP contribution is -2.57. The minimum atomic E-state index is -1.23. The molecule has 1 aliphatic carbocycles. The quantitative estimate of drug-likeness (QED) is 0.231. The minimum Gasteiger partial charge on any atom is -0.478 e. The number of nitrogens with one attached hydrogen (secondary N) is 2. The van der Waals surface area contributed by atoms with Gasteiger partial charge in [0.2, 0.25) is 0 Å². The fourth-order valence-electron chi connectivity index (χ4n) is 6.07. The highest BCUT2D eigenvalue weighted by atomic mass is 16.5. The van der Waals surface area contributed by atoms with Crippen LogP contribution < -0.4 is 10.6 Å². The lowest BCUT2D eigenvalue weighted by molar-refractivity contribution is -0.131. The Labute approximate surface area is 249 Å². The summed E-state index contributed by atoms with van der Waals surface area (Å²) in [5.74, 6) is -1.38. The standard InChI is InChI=1S/C34H34N4O5/c39-30(40)18-13-23-11-15-26(16-12-23)35-33(42)34(19-20-43-22-34)36-32(41)25-14-17-28-29(21-25)37-38(27-9-5-2-6-10-27)31(28)24-7-3-1-4-8-24/h2,5-6,9-18,21,24H,1,3-4,7-8,19-20,22H2,(H,35,42)(H,36,41)(H,39,40)/b18-13+/t34-/m1/s1. The molecule has 1 saturated carbocycles. The van der Waals surface area contributed by atoms with Crippen molar-refractivity contribution in [3.8, 4) is 5.69 Å². The number of aliphatic carboxylic acids is 1. The first-order valence-corrected chi connectivity index (χ1v) is 14.7. The van der Waals surface area contributed by atoms with Crippen molar-refractivity contribution in [3.63, 3.8) is 0 Å². The van der Waals surface area contributed by atoms with Crippen molar-refractivity contribution in [2.24, 2.45) is 0 Å². The van der Waals surface area contributed by atoms with Crippen molar-refractivity contribution >= 4 is 40.4 Å². The van der Waals surface area contributed by atoms with Crippen molar-refractivity contribution < 1.29 is 24.2 Å². The van der Waals surface area contributed by atoms with Crippen LogP contribution in [0.3, 0.4) is 0 Å². The zero-order valence-corrected chi connectivity index (χ0v) is 23.8. The van der Waals surface area contributed by atoms with Crippen LogP contribution >= 0.6 is 0 Å². The van der Waals surface area contributed by atoms with E-state index in [1.165, 1.54) is 31.0 Å². The number of carboxylic acids is 1. The molecule has 4 aromatic rings. The summed E-state index contributed by atoms with van der Waals surface area (Å²) >= 11 is 0. The Morgan fingerprint density at radius 1 is 0.977 bits per heavy atom. The summed E-state index contributed by atoms with van der Waals surface area (Å²) in [7, 11) is 0. The van der Waals surface area contributed by atoms with Gasteiger partial charge in [-0.15, -0.1) is 0 Å². The molecule has 2 aliphatic rings. The van der Waals surface area contributed by atoms with Gasteiger partial charge in [-0.2, -0.15) is 5.10 Å². The number of amides is 2. The molecule has 1 saturated heterocycles. The fourth-order valence-corrected chi connectivity index (χ4v) is 6.07. The molecule has 2 heterocycles. The van der Waals surface area contributed by atoms with E-state index < -0.39 is 11.5 Å². The molecule has 1 atom stereocenters. The maximum atomic E-state index is 13.6. The van der Waals surface area contributed by atoms with Gasteiger partial charge in [0.15, 0.2) is 0 Å². The van der Waals surface area contributed by atoms with Gasteiger partial charge in [0.05, 0.1) is 23.5 Å². The van der Waals surface area contributed by atoms with Crippen LogP contribution in [-0.4, -0.2) is 51.4 Å². The Morgan fingerprint density at radius 2 is 1.74 bits per heavy atom. The van der Waals surface area contributed by atoms with E-state index in [0.717, 1.165) is 35.5 Å². The zero-order chi connectivity index (χ0) is 29.8. The van der Waals surface area contributed by atoms with Crippen LogP contribution in [0, 0.1) is 0 Å². The van der Waals surface area contributed by atoms with Crippen molar-refractivity contribution in [1.82, 2.24) is 15.1 Å². The maximum absolute atomic E-state index is 13.6. The summed E-state index contributed by atoms with van der Waals surface area (Å²) in [5.41, 5.74) is 3.34. The normalized spacial score (nSPS) is 19.1. The molecule has 3 aromatic carbocycles. The number of hydrogen-bond acceptors (Lipinski definition) is 5. The van der Waals surface area contributed by atoms with E-state index >= 15 is 0 Å². The van der Waals surface area contributed by atoms with Crippen LogP contribution in [0.1, 0.15) is 66.1 Å². The Kier molecular flexibility index (Phi) is 8.07. The van der Waals surface area contributed by atoms with Gasteiger partial charge in [-0.3, -0.25) is 9.59 Å². The monoisotopic (exact) mass is 578 g/mol. The van der Waals surface area contributed by atoms with Gasteiger partial charge in [0.25, 0.3) is 11.8 Å². The van der Waals surface area contributed by atoms with Crippen molar-refractivity contribution in [2.75, 3.05) is 18.5 Å². The van der Waals surface area contributed by atoms with Crippen molar-refractivity contribution in [3.05, 3.63) is 95.7 Å². The molecule has 9 heteroatoms. The summed E-state index contributed by atoms with van der Waals surface area (Å²) in [5, 5.41) is 20.7. The van der Waals surface area contributed by atoms with Crippen LogP contribution in [0.25, 0.3) is 22.7 Å². The predicted octanol–water partition coefficient (Wildman–Crippen LogP) is 5.70. The summed E-state index contributed by atoms with van der Waals surface area (Å²) in [4.78, 5) is 37.9. The first kappa shape index (κ1) is 28.4. The van der Waals surface area contributed by atoms with E-state index in [-0.39, 0.29) is 18.4 Å². The Morgan fingerprint density at radius 3 is 2.44 bits per heavy atom. The number of carboxylic acid groups (broad SMARTS) is 1. The topological polar surface area (TPSA) is 123 Å². The number of benzene rings is 3. The number of carbonyl (C=O) groups is 3. The van der Waals surface area contributed by atoms with Gasteiger partial charge in [-0.1, -0.05) is 55.7 Å². The molecular weight excluding hydrogens is 544 g/mol. The third-order valence-corrected chi connectivity index (χ3v) is 8.36. The summed E-state index contributed by atoms with van der Waals surface area (Å²) in [6.45, 7) is 0.401. The van der Waals surface area contributed by atoms with E-state index in [4.69, 9.17) is 14.9 Å². The molecule has 3 N–H and O–H groups in total. The molecule has 1 aromatic heterocycles. The van der Waals surface area contributed by atoms with Gasteiger partial charge >= 0.3 is 5.97 Å². The molecule has 9 nitrogen and oxygen atoms in total. The fraction of sp³-hybridized carbons (Fsp3) is 0.294. The SMILES string of the molecule is O=C(O)/C=C/c1ccc(NC(=O)[C@@]2(NC(=O)c3ccc4c(C5CCCCC5)n(-c5ccccc5)nc4c3)CCOC2)cc1. The van der Waals surface area contributed by atoms with Gasteiger partial charge in [0, 0.05) is 41.7 Å². The lowest BCUT2D eigenvalue weighted by Gasteiger charge is -2.27. The number of hydrogen-bond donors (Lipinski definition) is 3. The molecule has 0 bridgehead atoms. The van der Waals surface area contributed by atoms with Gasteiger partial charge in [0.1, 0.15) is 5.54 Å². The second kappa shape index (κ2) is 12.2. The molecule has 220 valence electrons. The highest BCUT2D eigenvalue weighted by Gasteiger charge is 2.44. The number of anilines is 1. The van der Waals surface area contributed by atoms with Crippen LogP contribution in [0.4, 0.5) is 5.69 Å². The van der Waals surface area contributed by atoms with Crippen LogP contribution in [0.15, 0.2) is 78.9 Å². The first-order chi connectivity index (χ1) is 20.9. The highest BCUT2D eigenvalue weighted by Crippen LogP contribution is 2.38. The molecule has 2 fully saturated rings. The number of ether oxygens (including phenoxy) is 1. The van der Waals surface area contributed by atoms with Crippen molar-refractivity contribution in [2.45, 2.75) is 50.0 Å². The summed E-state index contributed by atoms with van der Waals surface area (Å²) < 4.78 is 7.61. The largest absolute Gasteiger partial charge is 0.478 e. The Balaban J connectivity index is 1.24. The van der Waals surface area contributed by atoms with E-state index in [9.17, 15) is 14.4 Å². The number of carbonyl (C=O) groups excluding carboxylic acids is 2. The smallest absolute Gasteiger partial charge is 0.328 e. The number of aromatic nitrogens is 2. The average molecular weight is 579 g/mol. The maximum Gasteiger partial charge on any atom is 0.328 e. The average Bonchev–Trinajstić information content (AvgIpc) is 3.67. The number of fused-ring (bicyclic) bond motifs is 1. The summed E-state index contributed by atoms with van der Waals surface area (Å²) in [6.07, 6.45) is 8.75. The van der Waals surface area contributed by atoms with Gasteiger partial charge in [-0.05, 0) is 60.9 Å². The summed E-state index contributed by atoms with van der Waals surface area (Å²) in [6, 6.07) is 22.5. The second-order valence-electron chi connectivity index (χ2n) is 11.3. The van der Waals surface area contributed by atoms with Gasteiger partial charge in [-0.25, -0.2) is 9.48 Å². The van der Waals surface area contributed by atoms with Crippen LogP contribution in [0.5, 0.6) is 0 Å². The predicted molar refractivity (Wildman–Crippen MR) is 164 cm³/mol. The number of rotatable bonds is 8. The molecule has 43 heavy (non-hydrogen) atoms. The second-order valence-corrected chi connectivity index (χ2v) is 11.3. The van der Waals surface area contributed by atoms with E-state index in [2.05, 4.69) is 22.8 Å². The molecular formula is C34H34N4O5. The molecule has 1 aliphatic heterocycles. The van der Waals surface area contributed by atoms with E-state index in [1.807, 2.05) is 35.0 Å². The molecule has 6 rings (SSSR count). The molecule has 0 spiro atoms.